The van der Waals surface area contributed by atoms with Crippen molar-refractivity contribution in [3.05, 3.63) is 65.0 Å². The summed E-state index contributed by atoms with van der Waals surface area (Å²) in [5, 5.41) is 0. The number of rotatable bonds is 6. The molecule has 0 aliphatic heterocycles. The summed E-state index contributed by atoms with van der Waals surface area (Å²) in [5.41, 5.74) is 5.86. The van der Waals surface area contributed by atoms with Crippen molar-refractivity contribution in [2.75, 3.05) is 18.8 Å². The Kier molecular flexibility index (Phi) is 5.93. The Hall–Kier alpha value is -2.94. The van der Waals surface area contributed by atoms with E-state index in [-0.39, 0.29) is 17.0 Å². The summed E-state index contributed by atoms with van der Waals surface area (Å²) in [5.74, 6) is -2.17. The van der Waals surface area contributed by atoms with E-state index in [2.05, 4.69) is 15.6 Å². The van der Waals surface area contributed by atoms with Gasteiger partial charge in [-0.3, -0.25) is 15.6 Å². The van der Waals surface area contributed by atoms with Crippen molar-refractivity contribution in [3.8, 4) is 0 Å². The molecule has 0 saturated heterocycles. The first-order valence-corrected chi connectivity index (χ1v) is 9.46. The fraction of sp³-hybridized carbons (Fsp3) is 0.176. The minimum absolute atomic E-state index is 0.112. The molecule has 0 fully saturated rings. The minimum Gasteiger partial charge on any atom is -0.465 e. The molecule has 2 aromatic carbocycles. The van der Waals surface area contributed by atoms with Crippen LogP contribution in [-0.4, -0.2) is 33.7 Å². The normalized spacial score (nSPS) is 10.9. The van der Waals surface area contributed by atoms with Gasteiger partial charge < -0.3 is 4.74 Å². The number of benzene rings is 2. The summed E-state index contributed by atoms with van der Waals surface area (Å²) >= 11 is 0. The van der Waals surface area contributed by atoms with Crippen LogP contribution in [0.1, 0.15) is 26.3 Å². The Labute approximate surface area is 150 Å². The number of hydrogen-bond acceptors (Lipinski definition) is 6. The Morgan fingerprint density at radius 2 is 1.77 bits per heavy atom. The van der Waals surface area contributed by atoms with Gasteiger partial charge in [0.15, 0.2) is 9.84 Å². The van der Waals surface area contributed by atoms with Gasteiger partial charge in [-0.25, -0.2) is 17.6 Å². The zero-order chi connectivity index (χ0) is 19.3. The van der Waals surface area contributed by atoms with Crippen LogP contribution in [0.3, 0.4) is 0 Å². The molecule has 0 aliphatic carbocycles. The van der Waals surface area contributed by atoms with E-state index >= 15 is 0 Å². The summed E-state index contributed by atoms with van der Waals surface area (Å²) in [7, 11) is -2.02. The van der Waals surface area contributed by atoms with Gasteiger partial charge in [-0.05, 0) is 35.9 Å². The molecular weight excluding hydrogens is 363 g/mol. The van der Waals surface area contributed by atoms with Crippen LogP contribution in [0.15, 0.2) is 42.5 Å². The first-order valence-electron chi connectivity index (χ1n) is 7.40. The number of nitrogens with one attached hydrogen (secondary N) is 2. The molecule has 138 valence electrons. The van der Waals surface area contributed by atoms with E-state index in [0.29, 0.717) is 11.1 Å². The third-order valence-electron chi connectivity index (χ3n) is 3.34. The number of sulfone groups is 1. The molecule has 0 aromatic heterocycles. The molecule has 7 nitrogen and oxygen atoms in total. The van der Waals surface area contributed by atoms with Crippen molar-refractivity contribution in [3.63, 3.8) is 0 Å². The number of hydrazine groups is 1. The highest BCUT2D eigenvalue weighted by Crippen LogP contribution is 2.15. The standard InChI is InChI=1S/C17H17FN2O5S/c1-25-17(22)14-9-13(7-8-15(14)18)19-20-16(21)12-5-3-11(4-6-12)10-26(2,23)24/h3-9,19H,10H2,1-2H3,(H,20,21). The van der Waals surface area contributed by atoms with Gasteiger partial charge in [0.25, 0.3) is 5.91 Å². The van der Waals surface area contributed by atoms with Crippen LogP contribution in [0.25, 0.3) is 0 Å². The van der Waals surface area contributed by atoms with E-state index in [1.807, 2.05) is 0 Å². The van der Waals surface area contributed by atoms with Gasteiger partial charge in [-0.2, -0.15) is 0 Å². The van der Waals surface area contributed by atoms with Gasteiger partial charge in [0, 0.05) is 11.8 Å². The fourth-order valence-electron chi connectivity index (χ4n) is 2.13. The summed E-state index contributed by atoms with van der Waals surface area (Å²) in [6.07, 6.45) is 1.13. The van der Waals surface area contributed by atoms with Crippen LogP contribution < -0.4 is 10.9 Å². The number of anilines is 1. The highest BCUT2D eigenvalue weighted by molar-refractivity contribution is 7.89. The molecule has 0 bridgehead atoms. The van der Waals surface area contributed by atoms with Crippen LogP contribution in [0.4, 0.5) is 10.1 Å². The molecule has 0 spiro atoms. The van der Waals surface area contributed by atoms with Crippen molar-refractivity contribution in [2.24, 2.45) is 0 Å². The highest BCUT2D eigenvalue weighted by atomic mass is 32.2. The van der Waals surface area contributed by atoms with Crippen LogP contribution >= 0.6 is 0 Å². The van der Waals surface area contributed by atoms with E-state index in [1.54, 1.807) is 12.1 Å². The molecule has 0 saturated carbocycles. The van der Waals surface area contributed by atoms with Crippen LogP contribution in [0, 0.1) is 5.82 Å². The number of carbonyl (C=O) groups is 2. The Balaban J connectivity index is 2.03. The molecule has 2 rings (SSSR count). The topological polar surface area (TPSA) is 102 Å². The van der Waals surface area contributed by atoms with Gasteiger partial charge in [0.05, 0.1) is 24.1 Å². The number of methoxy groups -OCH3 is 1. The van der Waals surface area contributed by atoms with E-state index in [9.17, 15) is 22.4 Å². The van der Waals surface area contributed by atoms with Gasteiger partial charge in [-0.1, -0.05) is 12.1 Å². The van der Waals surface area contributed by atoms with Crippen LogP contribution in [0.5, 0.6) is 0 Å². The maximum absolute atomic E-state index is 13.6. The van der Waals surface area contributed by atoms with E-state index in [4.69, 9.17) is 0 Å². The molecule has 2 aromatic rings. The Morgan fingerprint density at radius 3 is 2.35 bits per heavy atom. The second-order valence-corrected chi connectivity index (χ2v) is 7.67. The number of esters is 1. The summed E-state index contributed by atoms with van der Waals surface area (Å²) in [4.78, 5) is 23.6. The summed E-state index contributed by atoms with van der Waals surface area (Å²) in [6.45, 7) is 0. The molecule has 1 amide bonds. The van der Waals surface area contributed by atoms with Crippen molar-refractivity contribution in [1.82, 2.24) is 5.43 Å². The van der Waals surface area contributed by atoms with Gasteiger partial charge >= 0.3 is 5.97 Å². The molecule has 2 N–H and O–H groups in total. The van der Waals surface area contributed by atoms with Gasteiger partial charge in [0.2, 0.25) is 0 Å². The first kappa shape index (κ1) is 19.4. The number of amides is 1. The van der Waals surface area contributed by atoms with E-state index < -0.39 is 27.5 Å². The third kappa shape index (κ3) is 5.28. The van der Waals surface area contributed by atoms with E-state index in [1.165, 1.54) is 24.3 Å². The van der Waals surface area contributed by atoms with E-state index in [0.717, 1.165) is 19.4 Å². The largest absolute Gasteiger partial charge is 0.465 e. The zero-order valence-electron chi connectivity index (χ0n) is 14.1. The predicted octanol–water partition coefficient (Wildman–Crippen LogP) is 1.91. The third-order valence-corrected chi connectivity index (χ3v) is 4.19. The fourth-order valence-corrected chi connectivity index (χ4v) is 2.92. The average Bonchev–Trinajstić information content (AvgIpc) is 2.59. The molecule has 26 heavy (non-hydrogen) atoms. The lowest BCUT2D eigenvalue weighted by atomic mass is 10.1. The smallest absolute Gasteiger partial charge is 0.340 e. The lowest BCUT2D eigenvalue weighted by Crippen LogP contribution is -2.29. The lowest BCUT2D eigenvalue weighted by Gasteiger charge is -2.10. The summed E-state index contributed by atoms with van der Waals surface area (Å²) < 4.78 is 40.5. The van der Waals surface area contributed by atoms with Crippen LogP contribution in [-0.2, 0) is 20.3 Å². The van der Waals surface area contributed by atoms with Crippen molar-refractivity contribution in [1.29, 1.82) is 0 Å². The van der Waals surface area contributed by atoms with Crippen molar-refractivity contribution in [2.45, 2.75) is 5.75 Å². The van der Waals surface area contributed by atoms with Gasteiger partial charge in [0.1, 0.15) is 5.82 Å². The van der Waals surface area contributed by atoms with Crippen molar-refractivity contribution < 1.29 is 27.1 Å². The quantitative estimate of drug-likeness (QED) is 0.586. The Morgan fingerprint density at radius 1 is 1.12 bits per heavy atom. The second-order valence-electron chi connectivity index (χ2n) is 5.53. The number of hydrogen-bond donors (Lipinski definition) is 2. The molecule has 0 atom stereocenters. The SMILES string of the molecule is COC(=O)c1cc(NNC(=O)c2ccc(CS(C)(=O)=O)cc2)ccc1F. The number of ether oxygens (including phenoxy) is 1. The summed E-state index contributed by atoms with van der Waals surface area (Å²) in [6, 6.07) is 9.69. The second kappa shape index (κ2) is 7.96. The maximum Gasteiger partial charge on any atom is 0.340 e. The molecular formula is C17H17FN2O5S. The predicted molar refractivity (Wildman–Crippen MR) is 93.8 cm³/mol. The average molecular weight is 380 g/mol. The monoisotopic (exact) mass is 380 g/mol. The Bertz CT molecular complexity index is 927. The highest BCUT2D eigenvalue weighted by Gasteiger charge is 2.13. The van der Waals surface area contributed by atoms with Crippen LogP contribution in [0.2, 0.25) is 0 Å². The van der Waals surface area contributed by atoms with Crippen molar-refractivity contribution >= 4 is 27.4 Å². The molecule has 0 radical (unpaired) electrons. The first-order chi connectivity index (χ1) is 12.2. The number of halogens is 1. The number of carbonyl (C=O) groups excluding carboxylic acids is 2. The maximum atomic E-state index is 13.6. The lowest BCUT2D eigenvalue weighted by molar-refractivity contribution is 0.0595. The zero-order valence-corrected chi connectivity index (χ0v) is 14.9. The molecule has 0 unspecified atom stereocenters. The van der Waals surface area contributed by atoms with Gasteiger partial charge in [-0.15, -0.1) is 0 Å². The molecule has 0 heterocycles. The minimum atomic E-state index is -3.15. The molecule has 0 aliphatic rings. The molecule has 9 heteroatoms.